The number of alkyl halides is 1. The molecule has 0 aliphatic rings. The maximum atomic E-state index is 5.88. The Kier molecular flexibility index (Phi) is 6.26. The average molecular weight is 312 g/mol. The first-order valence-electron chi connectivity index (χ1n) is 7.25. The monoisotopic (exact) mass is 311 g/mol. The van der Waals surface area contributed by atoms with E-state index in [1.54, 1.807) is 14.2 Å². The number of hydrogen-bond acceptors (Lipinski definition) is 4. The van der Waals surface area contributed by atoms with Crippen LogP contribution in [-0.4, -0.2) is 41.2 Å². The SMILES string of the molecule is COCCCCCn1c(CCCl)nc2ccc(OC)nc21. The summed E-state index contributed by atoms with van der Waals surface area (Å²) in [7, 11) is 3.36. The lowest BCUT2D eigenvalue weighted by Crippen LogP contribution is -2.06. The highest BCUT2D eigenvalue weighted by molar-refractivity contribution is 6.17. The largest absolute Gasteiger partial charge is 0.481 e. The van der Waals surface area contributed by atoms with Crippen LogP contribution in [0.1, 0.15) is 25.1 Å². The zero-order valence-electron chi connectivity index (χ0n) is 12.6. The molecule has 21 heavy (non-hydrogen) atoms. The van der Waals surface area contributed by atoms with Crippen molar-refractivity contribution in [2.45, 2.75) is 32.2 Å². The van der Waals surface area contributed by atoms with E-state index in [9.17, 15) is 0 Å². The van der Waals surface area contributed by atoms with Crippen molar-refractivity contribution in [2.75, 3.05) is 26.7 Å². The molecule has 2 rings (SSSR count). The van der Waals surface area contributed by atoms with Gasteiger partial charge in [-0.25, -0.2) is 4.98 Å². The molecular formula is C15H22ClN3O2. The van der Waals surface area contributed by atoms with Gasteiger partial charge in [-0.3, -0.25) is 0 Å². The van der Waals surface area contributed by atoms with E-state index < -0.39 is 0 Å². The predicted octanol–water partition coefficient (Wildman–Crippen LogP) is 3.04. The third kappa shape index (κ3) is 4.08. The molecular weight excluding hydrogens is 290 g/mol. The maximum Gasteiger partial charge on any atom is 0.215 e. The van der Waals surface area contributed by atoms with Gasteiger partial charge in [0.25, 0.3) is 0 Å². The molecule has 0 saturated carbocycles. The third-order valence-corrected chi connectivity index (χ3v) is 3.59. The number of pyridine rings is 1. The summed E-state index contributed by atoms with van der Waals surface area (Å²) in [5.74, 6) is 2.16. The molecule has 0 N–H and O–H groups in total. The predicted molar refractivity (Wildman–Crippen MR) is 84.2 cm³/mol. The molecule has 0 fully saturated rings. The number of halogens is 1. The first-order chi connectivity index (χ1) is 10.3. The first kappa shape index (κ1) is 16.0. The van der Waals surface area contributed by atoms with Gasteiger partial charge in [-0.2, -0.15) is 4.98 Å². The number of imidazole rings is 1. The van der Waals surface area contributed by atoms with Crippen molar-refractivity contribution in [1.29, 1.82) is 0 Å². The number of fused-ring (bicyclic) bond motifs is 1. The number of ether oxygens (including phenoxy) is 2. The fourth-order valence-electron chi connectivity index (χ4n) is 2.35. The molecule has 0 saturated heterocycles. The molecule has 2 heterocycles. The van der Waals surface area contributed by atoms with Crippen LogP contribution in [0.5, 0.6) is 5.88 Å². The highest BCUT2D eigenvalue weighted by Gasteiger charge is 2.12. The fourth-order valence-corrected chi connectivity index (χ4v) is 2.52. The van der Waals surface area contributed by atoms with Gasteiger partial charge in [0.15, 0.2) is 5.65 Å². The summed E-state index contributed by atoms with van der Waals surface area (Å²) in [6, 6.07) is 3.78. The van der Waals surface area contributed by atoms with Gasteiger partial charge in [0.2, 0.25) is 5.88 Å². The maximum absolute atomic E-state index is 5.88. The first-order valence-corrected chi connectivity index (χ1v) is 7.78. The topological polar surface area (TPSA) is 49.2 Å². The number of hydrogen-bond donors (Lipinski definition) is 0. The second kappa shape index (κ2) is 8.20. The molecule has 0 aromatic carbocycles. The van der Waals surface area contributed by atoms with Crippen LogP contribution in [0.15, 0.2) is 12.1 Å². The van der Waals surface area contributed by atoms with Crippen LogP contribution in [0.25, 0.3) is 11.2 Å². The summed E-state index contributed by atoms with van der Waals surface area (Å²) < 4.78 is 12.4. The number of unbranched alkanes of at least 4 members (excludes halogenated alkanes) is 2. The minimum absolute atomic E-state index is 0.560. The smallest absolute Gasteiger partial charge is 0.215 e. The molecule has 6 heteroatoms. The van der Waals surface area contributed by atoms with Crippen LogP contribution in [0, 0.1) is 0 Å². The number of aromatic nitrogens is 3. The Morgan fingerprint density at radius 1 is 1.14 bits per heavy atom. The van der Waals surface area contributed by atoms with Crippen LogP contribution in [0.3, 0.4) is 0 Å². The van der Waals surface area contributed by atoms with Gasteiger partial charge in [0, 0.05) is 38.6 Å². The molecule has 5 nitrogen and oxygen atoms in total. The second-order valence-electron chi connectivity index (χ2n) is 4.87. The second-order valence-corrected chi connectivity index (χ2v) is 5.25. The van der Waals surface area contributed by atoms with Gasteiger partial charge in [-0.15, -0.1) is 11.6 Å². The molecule has 0 aliphatic carbocycles. The molecule has 0 aliphatic heterocycles. The third-order valence-electron chi connectivity index (χ3n) is 3.40. The molecule has 0 bridgehead atoms. The lowest BCUT2D eigenvalue weighted by Gasteiger charge is -2.08. The Hall–Kier alpha value is -1.33. The number of aryl methyl sites for hydroxylation is 2. The minimum Gasteiger partial charge on any atom is -0.481 e. The summed E-state index contributed by atoms with van der Waals surface area (Å²) in [5, 5.41) is 0. The number of methoxy groups -OCH3 is 2. The summed E-state index contributed by atoms with van der Waals surface area (Å²) in [6.45, 7) is 1.71. The summed E-state index contributed by atoms with van der Waals surface area (Å²) in [5.41, 5.74) is 1.77. The van der Waals surface area contributed by atoms with E-state index >= 15 is 0 Å². The Labute approximate surface area is 130 Å². The lowest BCUT2D eigenvalue weighted by molar-refractivity contribution is 0.191. The molecule has 116 valence electrons. The van der Waals surface area contributed by atoms with Crippen molar-refractivity contribution >= 4 is 22.8 Å². The fraction of sp³-hybridized carbons (Fsp3) is 0.600. The van der Waals surface area contributed by atoms with E-state index in [4.69, 9.17) is 21.1 Å². The standard InChI is InChI=1S/C15H22ClN3O2/c1-20-11-5-3-4-10-19-13(8-9-16)17-12-6-7-14(21-2)18-15(12)19/h6-7H,3-5,8-11H2,1-2H3. The molecule has 2 aromatic rings. The van der Waals surface area contributed by atoms with Crippen molar-refractivity contribution in [2.24, 2.45) is 0 Å². The van der Waals surface area contributed by atoms with E-state index in [2.05, 4.69) is 14.5 Å². The van der Waals surface area contributed by atoms with Crippen molar-refractivity contribution in [3.63, 3.8) is 0 Å². The van der Waals surface area contributed by atoms with Crippen molar-refractivity contribution in [1.82, 2.24) is 14.5 Å². The summed E-state index contributed by atoms with van der Waals surface area (Å²) >= 11 is 5.88. The summed E-state index contributed by atoms with van der Waals surface area (Å²) in [6.07, 6.45) is 4.02. The van der Waals surface area contributed by atoms with Crippen LogP contribution in [-0.2, 0) is 17.7 Å². The summed E-state index contributed by atoms with van der Waals surface area (Å²) in [4.78, 5) is 9.15. The Morgan fingerprint density at radius 2 is 2.00 bits per heavy atom. The Morgan fingerprint density at radius 3 is 2.71 bits per heavy atom. The molecule has 0 radical (unpaired) electrons. The molecule has 0 atom stereocenters. The number of nitrogens with zero attached hydrogens (tertiary/aromatic N) is 3. The molecule has 0 spiro atoms. The Balaban J connectivity index is 2.18. The van der Waals surface area contributed by atoms with E-state index in [1.807, 2.05) is 12.1 Å². The zero-order valence-corrected chi connectivity index (χ0v) is 13.4. The average Bonchev–Trinajstić information content (AvgIpc) is 2.84. The molecule has 0 amide bonds. The lowest BCUT2D eigenvalue weighted by atomic mass is 10.2. The molecule has 0 unspecified atom stereocenters. The molecule has 2 aromatic heterocycles. The van der Waals surface area contributed by atoms with Crippen molar-refractivity contribution < 1.29 is 9.47 Å². The van der Waals surface area contributed by atoms with Gasteiger partial charge >= 0.3 is 0 Å². The number of rotatable bonds is 9. The van der Waals surface area contributed by atoms with Gasteiger partial charge in [0.1, 0.15) is 11.3 Å². The van der Waals surface area contributed by atoms with Gasteiger partial charge in [0.05, 0.1) is 7.11 Å². The van der Waals surface area contributed by atoms with Crippen LogP contribution in [0.2, 0.25) is 0 Å². The normalized spacial score (nSPS) is 11.2. The van der Waals surface area contributed by atoms with Crippen molar-refractivity contribution in [3.05, 3.63) is 18.0 Å². The van der Waals surface area contributed by atoms with E-state index in [0.29, 0.717) is 11.8 Å². The quantitative estimate of drug-likeness (QED) is 0.527. The highest BCUT2D eigenvalue weighted by atomic mass is 35.5. The Bertz CT molecular complexity index is 571. The van der Waals surface area contributed by atoms with Gasteiger partial charge in [-0.1, -0.05) is 0 Å². The highest BCUT2D eigenvalue weighted by Crippen LogP contribution is 2.19. The van der Waals surface area contributed by atoms with E-state index in [0.717, 1.165) is 55.8 Å². The van der Waals surface area contributed by atoms with Crippen LogP contribution >= 0.6 is 11.6 Å². The van der Waals surface area contributed by atoms with E-state index in [1.165, 1.54) is 0 Å². The van der Waals surface area contributed by atoms with Crippen LogP contribution in [0.4, 0.5) is 0 Å². The van der Waals surface area contributed by atoms with Gasteiger partial charge < -0.3 is 14.0 Å². The zero-order chi connectivity index (χ0) is 15.1. The van der Waals surface area contributed by atoms with Crippen molar-refractivity contribution in [3.8, 4) is 5.88 Å². The van der Waals surface area contributed by atoms with Gasteiger partial charge in [-0.05, 0) is 25.3 Å². The van der Waals surface area contributed by atoms with Crippen LogP contribution < -0.4 is 4.74 Å². The van der Waals surface area contributed by atoms with E-state index in [-0.39, 0.29) is 0 Å². The minimum atomic E-state index is 0.560.